The highest BCUT2D eigenvalue weighted by Gasteiger charge is 2.55. The molecule has 0 saturated carbocycles. The largest absolute Gasteiger partial charge is 0.325 e. The number of carbonyl (C=O) groups is 2. The van der Waals surface area contributed by atoms with Gasteiger partial charge in [-0.05, 0) is 19.4 Å². The van der Waals surface area contributed by atoms with Crippen molar-refractivity contribution in [1.82, 2.24) is 15.1 Å². The van der Waals surface area contributed by atoms with Crippen molar-refractivity contribution in [3.63, 3.8) is 0 Å². The molecule has 1 N–H and O–H groups in total. The van der Waals surface area contributed by atoms with Crippen LogP contribution in [0.2, 0.25) is 0 Å². The Balaban J connectivity index is 2.33. The molecule has 5 nitrogen and oxygen atoms in total. The number of hydrogen-bond acceptors (Lipinski definition) is 3. The Hall–Kier alpha value is -1.54. The standard InChI is InChI=1S/C14H21N3O2/c1-5-6-17-12(18)14(15-13(17)19)7-10(2)8-16(4)9-11(14)3/h1,10-11H,6-9H2,2-4H3,(H,15,19). The molecular weight excluding hydrogens is 242 g/mol. The highest BCUT2D eigenvalue weighted by molar-refractivity contribution is 6.07. The number of rotatable bonds is 1. The van der Waals surface area contributed by atoms with Gasteiger partial charge in [0.1, 0.15) is 5.54 Å². The van der Waals surface area contributed by atoms with Gasteiger partial charge >= 0.3 is 6.03 Å². The van der Waals surface area contributed by atoms with E-state index >= 15 is 0 Å². The Morgan fingerprint density at radius 2 is 2.11 bits per heavy atom. The van der Waals surface area contributed by atoms with Gasteiger partial charge in [0.15, 0.2) is 0 Å². The fraction of sp³-hybridized carbons (Fsp3) is 0.714. The number of urea groups is 1. The number of amides is 3. The minimum absolute atomic E-state index is 0.0450. The first-order chi connectivity index (χ1) is 8.90. The highest BCUT2D eigenvalue weighted by Crippen LogP contribution is 2.35. The van der Waals surface area contributed by atoms with E-state index in [1.165, 1.54) is 0 Å². The quantitative estimate of drug-likeness (QED) is 0.554. The second kappa shape index (κ2) is 4.86. The van der Waals surface area contributed by atoms with Crippen molar-refractivity contribution >= 4 is 11.9 Å². The lowest BCUT2D eigenvalue weighted by molar-refractivity contribution is -0.133. The Kier molecular flexibility index (Phi) is 3.55. The molecule has 0 aliphatic carbocycles. The summed E-state index contributed by atoms with van der Waals surface area (Å²) < 4.78 is 0. The monoisotopic (exact) mass is 263 g/mol. The summed E-state index contributed by atoms with van der Waals surface area (Å²) >= 11 is 0. The second-order valence-corrected chi connectivity index (χ2v) is 5.93. The number of imide groups is 1. The molecule has 3 atom stereocenters. The molecule has 1 spiro atoms. The van der Waals surface area contributed by atoms with Gasteiger partial charge in [-0.15, -0.1) is 6.42 Å². The maximum atomic E-state index is 12.6. The minimum atomic E-state index is -0.780. The summed E-state index contributed by atoms with van der Waals surface area (Å²) in [7, 11) is 2.05. The Labute approximate surface area is 114 Å². The van der Waals surface area contributed by atoms with Crippen LogP contribution in [0.3, 0.4) is 0 Å². The van der Waals surface area contributed by atoms with Gasteiger partial charge in [0.25, 0.3) is 5.91 Å². The zero-order valence-electron chi connectivity index (χ0n) is 11.8. The van der Waals surface area contributed by atoms with E-state index in [1.807, 2.05) is 14.0 Å². The van der Waals surface area contributed by atoms with Crippen LogP contribution in [0.4, 0.5) is 4.79 Å². The highest BCUT2D eigenvalue weighted by atomic mass is 16.2. The van der Waals surface area contributed by atoms with Gasteiger partial charge in [0, 0.05) is 19.0 Å². The maximum absolute atomic E-state index is 12.6. The molecule has 3 unspecified atom stereocenters. The number of nitrogens with zero attached hydrogens (tertiary/aromatic N) is 2. The van der Waals surface area contributed by atoms with E-state index in [4.69, 9.17) is 6.42 Å². The van der Waals surface area contributed by atoms with Crippen molar-refractivity contribution in [3.8, 4) is 12.3 Å². The first-order valence-corrected chi connectivity index (χ1v) is 6.67. The number of terminal acetylenes is 1. The van der Waals surface area contributed by atoms with Gasteiger partial charge in [-0.3, -0.25) is 9.69 Å². The van der Waals surface area contributed by atoms with Crippen LogP contribution in [-0.4, -0.2) is 54.0 Å². The third kappa shape index (κ3) is 2.21. The summed E-state index contributed by atoms with van der Waals surface area (Å²) in [6.07, 6.45) is 5.90. The summed E-state index contributed by atoms with van der Waals surface area (Å²) in [6.45, 7) is 5.90. The van der Waals surface area contributed by atoms with E-state index < -0.39 is 5.54 Å². The number of likely N-dealkylation sites (tertiary alicyclic amines) is 1. The van der Waals surface area contributed by atoms with Crippen molar-refractivity contribution in [3.05, 3.63) is 0 Å². The van der Waals surface area contributed by atoms with Crippen molar-refractivity contribution in [1.29, 1.82) is 0 Å². The fourth-order valence-corrected chi connectivity index (χ4v) is 3.40. The summed E-state index contributed by atoms with van der Waals surface area (Å²) in [5, 5.41) is 2.91. The predicted molar refractivity (Wildman–Crippen MR) is 72.3 cm³/mol. The van der Waals surface area contributed by atoms with Gasteiger partial charge < -0.3 is 10.2 Å². The van der Waals surface area contributed by atoms with E-state index in [-0.39, 0.29) is 24.4 Å². The Morgan fingerprint density at radius 1 is 1.42 bits per heavy atom. The van der Waals surface area contributed by atoms with Crippen molar-refractivity contribution < 1.29 is 9.59 Å². The first kappa shape index (κ1) is 13.9. The lowest BCUT2D eigenvalue weighted by atomic mass is 9.79. The molecule has 2 saturated heterocycles. The van der Waals surface area contributed by atoms with Gasteiger partial charge in [0.05, 0.1) is 6.54 Å². The van der Waals surface area contributed by atoms with E-state index in [2.05, 4.69) is 23.1 Å². The molecule has 2 rings (SSSR count). The van der Waals surface area contributed by atoms with E-state index in [0.29, 0.717) is 12.3 Å². The lowest BCUT2D eigenvalue weighted by Crippen LogP contribution is -2.54. The summed E-state index contributed by atoms with van der Waals surface area (Å²) in [6, 6.07) is -0.355. The molecule has 0 radical (unpaired) electrons. The van der Waals surface area contributed by atoms with Crippen LogP contribution in [0.15, 0.2) is 0 Å². The van der Waals surface area contributed by atoms with Crippen LogP contribution in [0.5, 0.6) is 0 Å². The molecule has 3 amide bonds. The fourth-order valence-electron chi connectivity index (χ4n) is 3.40. The van der Waals surface area contributed by atoms with E-state index in [9.17, 15) is 9.59 Å². The third-order valence-corrected chi connectivity index (χ3v) is 4.17. The number of nitrogens with one attached hydrogen (secondary N) is 1. The van der Waals surface area contributed by atoms with Crippen molar-refractivity contribution in [2.75, 3.05) is 26.7 Å². The predicted octanol–water partition coefficient (Wildman–Crippen LogP) is 0.518. The average molecular weight is 263 g/mol. The smallest absolute Gasteiger partial charge is 0.323 e. The van der Waals surface area contributed by atoms with Crippen LogP contribution in [0.1, 0.15) is 20.3 Å². The molecule has 104 valence electrons. The van der Waals surface area contributed by atoms with Crippen molar-refractivity contribution in [2.45, 2.75) is 25.8 Å². The number of carbonyl (C=O) groups excluding carboxylic acids is 2. The molecule has 5 heteroatoms. The molecule has 2 aliphatic heterocycles. The van der Waals surface area contributed by atoms with Crippen LogP contribution in [0, 0.1) is 24.2 Å². The van der Waals surface area contributed by atoms with E-state index in [1.54, 1.807) is 0 Å². The van der Waals surface area contributed by atoms with Gasteiger partial charge in [-0.25, -0.2) is 4.79 Å². The summed E-state index contributed by atoms with van der Waals surface area (Å²) in [5.41, 5.74) is -0.780. The molecule has 19 heavy (non-hydrogen) atoms. The van der Waals surface area contributed by atoms with Crippen LogP contribution < -0.4 is 5.32 Å². The van der Waals surface area contributed by atoms with Gasteiger partial charge in [-0.2, -0.15) is 0 Å². The molecular formula is C14H21N3O2. The first-order valence-electron chi connectivity index (χ1n) is 6.67. The van der Waals surface area contributed by atoms with Crippen LogP contribution in [0.25, 0.3) is 0 Å². The Bertz CT molecular complexity index is 442. The van der Waals surface area contributed by atoms with Crippen LogP contribution >= 0.6 is 0 Å². The molecule has 2 aliphatic rings. The molecule has 0 aromatic carbocycles. The molecule has 0 aromatic heterocycles. The van der Waals surface area contributed by atoms with Gasteiger partial charge in [-0.1, -0.05) is 19.8 Å². The number of hydrogen-bond donors (Lipinski definition) is 1. The van der Waals surface area contributed by atoms with Crippen molar-refractivity contribution in [2.24, 2.45) is 11.8 Å². The molecule has 0 bridgehead atoms. The SMILES string of the molecule is C#CCN1C(=O)NC2(CC(C)CN(C)CC2C)C1=O. The van der Waals surface area contributed by atoms with Crippen LogP contribution in [-0.2, 0) is 4.79 Å². The van der Waals surface area contributed by atoms with E-state index in [0.717, 1.165) is 18.0 Å². The van der Waals surface area contributed by atoms with Gasteiger partial charge in [0.2, 0.25) is 0 Å². The zero-order chi connectivity index (χ0) is 14.2. The molecule has 2 fully saturated rings. The maximum Gasteiger partial charge on any atom is 0.325 e. The summed E-state index contributed by atoms with van der Waals surface area (Å²) in [5.74, 6) is 2.64. The normalized spacial score (nSPS) is 36.2. The molecule has 2 heterocycles. The molecule has 0 aromatic rings. The average Bonchev–Trinajstić information content (AvgIpc) is 2.48. The topological polar surface area (TPSA) is 52.7 Å². The lowest BCUT2D eigenvalue weighted by Gasteiger charge is -2.32. The second-order valence-electron chi connectivity index (χ2n) is 5.93. The zero-order valence-corrected chi connectivity index (χ0v) is 11.8. The Morgan fingerprint density at radius 3 is 2.74 bits per heavy atom. The minimum Gasteiger partial charge on any atom is -0.323 e. The third-order valence-electron chi connectivity index (χ3n) is 4.17. The summed E-state index contributed by atoms with van der Waals surface area (Å²) in [4.78, 5) is 28.0.